The van der Waals surface area contributed by atoms with Crippen LogP contribution in [-0.4, -0.2) is 126 Å². The fourth-order valence-corrected chi connectivity index (χ4v) is 9.12. The first-order chi connectivity index (χ1) is 54.7. The first-order valence-electron chi connectivity index (χ1n) is 34.7. The second-order valence-electron chi connectivity index (χ2n) is 23.1. The molecule has 0 aromatic heterocycles. The molecular weight excluding hydrogens is 1460 g/mol. The highest BCUT2D eigenvalue weighted by molar-refractivity contribution is 5.46. The first kappa shape index (κ1) is 96.9. The molecule has 604 valence electrons. The Kier molecular flexibility index (Phi) is 49.9. The predicted octanol–water partition coefficient (Wildman–Crippen LogP) is 12.6. The third kappa shape index (κ3) is 38.9. The molecule has 114 heavy (non-hydrogen) atoms. The van der Waals surface area contributed by atoms with Crippen molar-refractivity contribution in [3.05, 3.63) is 388 Å². The largest absolute Gasteiger partial charge is 0.508 e. The lowest BCUT2D eigenvalue weighted by Crippen LogP contribution is -1.96. The molecule has 0 bridgehead atoms. The normalized spacial score (nSPS) is 9.55. The summed E-state index contributed by atoms with van der Waals surface area (Å²) in [6.07, 6.45) is 0.978. The molecule has 13 aromatic carbocycles. The van der Waals surface area contributed by atoms with Gasteiger partial charge in [0.2, 0.25) is 0 Å². The number of para-hydroxylation sites is 13. The summed E-state index contributed by atoms with van der Waals surface area (Å²) in [7, 11) is 0. The van der Waals surface area contributed by atoms with E-state index in [2.05, 4.69) is 0 Å². The summed E-state index contributed by atoms with van der Waals surface area (Å²) in [4.78, 5) is 0. The van der Waals surface area contributed by atoms with Gasteiger partial charge in [-0.1, -0.05) is 237 Å². The minimum atomic E-state index is -0.750. The summed E-state index contributed by atoms with van der Waals surface area (Å²) in [6.45, 7) is -1.36. The van der Waals surface area contributed by atoms with E-state index in [0.29, 0.717) is 80.2 Å². The standard InChI is InChI=1S/C15H16O4.C14H14O3.C13H12O2.5C7H8O2.2C6H6O.CH4O2.H2O/c16-8-11-5-3-6-13(15(11)18)10-19-9-12-4-1-2-7-14(12)17;15-9-12-6-3-5-11(14(12)17)8-10-4-1-2-7-13(10)16;14-12-7-3-1-5-10(12)9-11-6-2-4-8-13(11)15;4*8-5-6-3-1-2-4-7(6)9;8-6-9-7-4-2-1-3-5-7;2*7-6-4-2-1-3-5-6;2-1-3;/h1-7,16-18H,8-10H2;1-7,15-17H,8-9H2;1-8,14-15H,9H2;4*1-4,8-9H,5H2;1-5,8H,6H2;2*1-5,7H;2-3H,1H2;1H2. The molecule has 0 spiro atoms. The molecule has 0 radical (unpaired) electrons. The molecule has 0 aliphatic heterocycles. The number of aliphatic hydroxyl groups is 9. The van der Waals surface area contributed by atoms with Gasteiger partial charge in [-0.25, -0.2) is 0 Å². The summed E-state index contributed by atoms with van der Waals surface area (Å²) in [5.74, 6) is 3.03. The summed E-state index contributed by atoms with van der Waals surface area (Å²) in [5, 5.41) is 186. The summed E-state index contributed by atoms with van der Waals surface area (Å²) in [6, 6.07) is 92.1. The van der Waals surface area contributed by atoms with Gasteiger partial charge < -0.3 is 122 Å². The molecule has 24 heteroatoms. The number of phenols is 12. The smallest absolute Gasteiger partial charge is 0.186 e. The van der Waals surface area contributed by atoms with E-state index in [9.17, 15) is 30.6 Å². The van der Waals surface area contributed by atoms with Crippen molar-refractivity contribution in [2.45, 2.75) is 65.7 Å². The van der Waals surface area contributed by atoms with Crippen molar-refractivity contribution in [3.8, 4) is 74.7 Å². The highest BCUT2D eigenvalue weighted by atomic mass is 16.6. The summed E-state index contributed by atoms with van der Waals surface area (Å²) >= 11 is 0. The van der Waals surface area contributed by atoms with Crippen LogP contribution in [0.4, 0.5) is 0 Å². The molecule has 0 saturated heterocycles. The van der Waals surface area contributed by atoms with Gasteiger partial charge in [0.05, 0.1) is 52.9 Å². The Morgan fingerprint density at radius 2 is 0.395 bits per heavy atom. The minimum absolute atomic E-state index is 0. The summed E-state index contributed by atoms with van der Waals surface area (Å²) < 4.78 is 10.2. The van der Waals surface area contributed by atoms with Crippen molar-refractivity contribution >= 4 is 0 Å². The second-order valence-corrected chi connectivity index (χ2v) is 23.1. The van der Waals surface area contributed by atoms with E-state index in [4.69, 9.17) is 86.1 Å². The molecule has 24 nitrogen and oxygen atoms in total. The number of aliphatic hydroxyl groups excluding tert-OH is 8. The van der Waals surface area contributed by atoms with Gasteiger partial charge in [-0.05, 0) is 107 Å². The van der Waals surface area contributed by atoms with Gasteiger partial charge in [0.1, 0.15) is 81.5 Å². The maximum atomic E-state index is 9.90. The molecule has 23 N–H and O–H groups in total. The van der Waals surface area contributed by atoms with Gasteiger partial charge in [0.25, 0.3) is 0 Å². The number of rotatable bonds is 16. The molecule has 13 rings (SSSR count). The molecule has 0 atom stereocenters. The Bertz CT molecular complexity index is 4390. The van der Waals surface area contributed by atoms with E-state index in [0.717, 1.165) is 16.7 Å². The van der Waals surface area contributed by atoms with E-state index in [1.165, 1.54) is 0 Å². The molecule has 0 fully saturated rings. The third-order valence-corrected chi connectivity index (χ3v) is 15.1. The van der Waals surface area contributed by atoms with E-state index in [1.807, 2.05) is 66.7 Å². The average Bonchev–Trinajstić information content (AvgIpc) is 0.833. The monoisotopic (exact) mass is 1560 g/mol. The van der Waals surface area contributed by atoms with Crippen LogP contribution in [0.15, 0.2) is 322 Å². The number of hydrogen-bond donors (Lipinski definition) is 21. The lowest BCUT2D eigenvalue weighted by Gasteiger charge is -2.09. The van der Waals surface area contributed by atoms with E-state index in [1.54, 1.807) is 255 Å². The van der Waals surface area contributed by atoms with Gasteiger partial charge in [-0.15, -0.1) is 0 Å². The van der Waals surface area contributed by atoms with Crippen molar-refractivity contribution in [1.29, 1.82) is 0 Å². The van der Waals surface area contributed by atoms with Crippen LogP contribution in [0.5, 0.6) is 74.7 Å². The number of hydrogen-bond acceptors (Lipinski definition) is 23. The number of ether oxygens (including phenoxy) is 2. The third-order valence-electron chi connectivity index (χ3n) is 15.1. The zero-order valence-electron chi connectivity index (χ0n) is 62.3. The lowest BCUT2D eigenvalue weighted by atomic mass is 10.0. The highest BCUT2D eigenvalue weighted by Crippen LogP contribution is 2.30. The van der Waals surface area contributed by atoms with Gasteiger partial charge >= 0.3 is 0 Å². The number of benzene rings is 13. The molecule has 0 aliphatic rings. The second kappa shape index (κ2) is 58.7. The van der Waals surface area contributed by atoms with Crippen LogP contribution in [0.25, 0.3) is 0 Å². The topological polar surface area (TPSA) is 475 Å². The van der Waals surface area contributed by atoms with Crippen LogP contribution < -0.4 is 4.74 Å². The van der Waals surface area contributed by atoms with E-state index < -0.39 is 6.79 Å². The fraction of sp³-hybridized carbons (Fsp3) is 0.133. The highest BCUT2D eigenvalue weighted by Gasteiger charge is 2.11. The SMILES string of the molecule is O.OCO.OCOc1ccccc1.OCc1cccc(COCc2ccccc2O)c1O.OCc1cccc(Cc2ccccc2O)c1O.OCc1ccccc1O.OCc1ccccc1O.OCc1ccccc1O.OCc1ccccc1O.Oc1ccccc1.Oc1ccccc1.Oc1ccccc1Cc1ccccc1O. The van der Waals surface area contributed by atoms with Crippen LogP contribution in [-0.2, 0) is 70.4 Å². The van der Waals surface area contributed by atoms with Crippen molar-refractivity contribution < 1.29 is 122 Å². The lowest BCUT2D eigenvalue weighted by molar-refractivity contribution is 0.0773. The van der Waals surface area contributed by atoms with Gasteiger partial charge in [-0.2, -0.15) is 0 Å². The zero-order valence-corrected chi connectivity index (χ0v) is 62.3. The average molecular weight is 1570 g/mol. The number of phenolic OH excluding ortho intramolecular Hbond substituents is 6. The van der Waals surface area contributed by atoms with Crippen LogP contribution in [0.2, 0.25) is 0 Å². The van der Waals surface area contributed by atoms with Crippen LogP contribution >= 0.6 is 0 Å². The molecule has 0 unspecified atom stereocenters. The van der Waals surface area contributed by atoms with Gasteiger partial charge in [0.15, 0.2) is 6.79 Å². The Hall–Kier alpha value is -13.2. The molecular formula is C90H100O24. The molecule has 13 aromatic rings. The van der Waals surface area contributed by atoms with Crippen LogP contribution in [0.1, 0.15) is 66.8 Å². The van der Waals surface area contributed by atoms with Crippen molar-refractivity contribution in [2.75, 3.05) is 13.6 Å². The van der Waals surface area contributed by atoms with Crippen molar-refractivity contribution in [1.82, 2.24) is 0 Å². The zero-order chi connectivity index (χ0) is 82.8. The molecule has 0 heterocycles. The first-order valence-corrected chi connectivity index (χ1v) is 34.7. The minimum Gasteiger partial charge on any atom is -0.508 e. The molecule has 0 saturated carbocycles. The fourth-order valence-electron chi connectivity index (χ4n) is 9.12. The number of aromatic hydroxyl groups is 12. The maximum absolute atomic E-state index is 9.90. The predicted molar refractivity (Wildman–Crippen MR) is 434 cm³/mol. The van der Waals surface area contributed by atoms with Crippen LogP contribution in [0, 0.1) is 0 Å². The van der Waals surface area contributed by atoms with E-state index in [-0.39, 0.29) is 123 Å². The van der Waals surface area contributed by atoms with Gasteiger partial charge in [-0.3, -0.25) is 0 Å². The van der Waals surface area contributed by atoms with Crippen molar-refractivity contribution in [2.24, 2.45) is 0 Å². The Labute approximate surface area is 661 Å². The quantitative estimate of drug-likeness (QED) is 0.0400. The molecule has 0 amide bonds. The van der Waals surface area contributed by atoms with Crippen molar-refractivity contribution in [3.63, 3.8) is 0 Å². The molecule has 0 aliphatic carbocycles. The maximum Gasteiger partial charge on any atom is 0.186 e. The Morgan fingerprint density at radius 1 is 0.193 bits per heavy atom. The Morgan fingerprint density at radius 3 is 0.640 bits per heavy atom. The Balaban J connectivity index is 0.000000435. The summed E-state index contributed by atoms with van der Waals surface area (Å²) in [5.41, 5.74) is 7.63. The van der Waals surface area contributed by atoms with Crippen LogP contribution in [0.3, 0.4) is 0 Å². The van der Waals surface area contributed by atoms with E-state index >= 15 is 0 Å². The van der Waals surface area contributed by atoms with Gasteiger partial charge in [0, 0.05) is 57.3 Å².